The Kier molecular flexibility index (Phi) is 4.66. The number of rotatable bonds is 5. The van der Waals surface area contributed by atoms with E-state index in [1.165, 1.54) is 58.0 Å². The lowest BCUT2D eigenvalue weighted by molar-refractivity contribution is 0.0956. The third-order valence-corrected chi connectivity index (χ3v) is 4.56. The van der Waals surface area contributed by atoms with E-state index in [1.54, 1.807) is 0 Å². The fraction of sp³-hybridized carbons (Fsp3) is 1.00. The van der Waals surface area contributed by atoms with E-state index in [1.807, 2.05) is 0 Å². The number of nitrogens with zero attached hydrogens (tertiary/aromatic N) is 1. The standard InChI is InChI=1S/C14H28N2/c1-12(5-3-9-15)11-16-10-4-7-13-6-2-8-14(13)16/h12-14H,2-11,15H2,1H3. The Bertz CT molecular complexity index is 205. The number of piperidine rings is 1. The zero-order chi connectivity index (χ0) is 11.4. The van der Waals surface area contributed by atoms with Gasteiger partial charge in [0.15, 0.2) is 0 Å². The predicted molar refractivity (Wildman–Crippen MR) is 69.4 cm³/mol. The van der Waals surface area contributed by atoms with Crippen LogP contribution < -0.4 is 5.73 Å². The van der Waals surface area contributed by atoms with E-state index in [9.17, 15) is 0 Å². The van der Waals surface area contributed by atoms with E-state index in [4.69, 9.17) is 5.73 Å². The molecule has 2 nitrogen and oxygen atoms in total. The summed E-state index contributed by atoms with van der Waals surface area (Å²) in [5.41, 5.74) is 5.58. The monoisotopic (exact) mass is 224 g/mol. The Morgan fingerprint density at radius 2 is 2.06 bits per heavy atom. The molecule has 2 fully saturated rings. The first-order valence-electron chi connectivity index (χ1n) is 7.25. The summed E-state index contributed by atoms with van der Waals surface area (Å²) in [4.78, 5) is 2.79. The van der Waals surface area contributed by atoms with Crippen LogP contribution in [0.25, 0.3) is 0 Å². The molecule has 1 saturated heterocycles. The van der Waals surface area contributed by atoms with Gasteiger partial charge in [-0.25, -0.2) is 0 Å². The molecule has 0 radical (unpaired) electrons. The second kappa shape index (κ2) is 6.02. The molecular weight excluding hydrogens is 196 g/mol. The molecule has 1 heterocycles. The first-order valence-corrected chi connectivity index (χ1v) is 7.25. The molecule has 2 rings (SSSR count). The van der Waals surface area contributed by atoms with E-state index in [2.05, 4.69) is 11.8 Å². The lowest BCUT2D eigenvalue weighted by atomic mass is 9.91. The number of likely N-dealkylation sites (tertiary alicyclic amines) is 1. The van der Waals surface area contributed by atoms with Crippen LogP contribution in [0.2, 0.25) is 0 Å². The van der Waals surface area contributed by atoms with Crippen LogP contribution >= 0.6 is 0 Å². The number of nitrogens with two attached hydrogens (primary N) is 1. The first-order chi connectivity index (χ1) is 7.81. The van der Waals surface area contributed by atoms with E-state index in [0.29, 0.717) is 0 Å². The van der Waals surface area contributed by atoms with E-state index < -0.39 is 0 Å². The molecule has 16 heavy (non-hydrogen) atoms. The number of fused-ring (bicyclic) bond motifs is 1. The smallest absolute Gasteiger partial charge is 0.0124 e. The van der Waals surface area contributed by atoms with Gasteiger partial charge in [0, 0.05) is 12.6 Å². The van der Waals surface area contributed by atoms with Crippen LogP contribution in [0.1, 0.15) is 51.9 Å². The minimum atomic E-state index is 0.836. The van der Waals surface area contributed by atoms with Crippen molar-refractivity contribution < 1.29 is 0 Å². The lowest BCUT2D eigenvalue weighted by Gasteiger charge is -2.39. The van der Waals surface area contributed by atoms with Crippen molar-refractivity contribution in [3.8, 4) is 0 Å². The summed E-state index contributed by atoms with van der Waals surface area (Å²) >= 11 is 0. The molecule has 0 aromatic heterocycles. The van der Waals surface area contributed by atoms with E-state index >= 15 is 0 Å². The Hall–Kier alpha value is -0.0800. The van der Waals surface area contributed by atoms with Crippen LogP contribution in [-0.2, 0) is 0 Å². The van der Waals surface area contributed by atoms with Gasteiger partial charge in [0.1, 0.15) is 0 Å². The van der Waals surface area contributed by atoms with Crippen molar-refractivity contribution in [3.05, 3.63) is 0 Å². The average Bonchev–Trinajstić information content (AvgIpc) is 2.75. The van der Waals surface area contributed by atoms with Crippen LogP contribution in [0.3, 0.4) is 0 Å². The average molecular weight is 224 g/mol. The quantitative estimate of drug-likeness (QED) is 0.778. The van der Waals surface area contributed by atoms with E-state index in [-0.39, 0.29) is 0 Å². The Labute approximate surface area is 101 Å². The van der Waals surface area contributed by atoms with Crippen molar-refractivity contribution in [2.45, 2.75) is 57.9 Å². The zero-order valence-electron chi connectivity index (χ0n) is 10.8. The normalized spacial score (nSPS) is 32.6. The molecule has 2 aliphatic rings. The molecule has 2 heteroatoms. The minimum Gasteiger partial charge on any atom is -0.330 e. The highest BCUT2D eigenvalue weighted by atomic mass is 15.2. The van der Waals surface area contributed by atoms with Crippen LogP contribution in [0, 0.1) is 11.8 Å². The largest absolute Gasteiger partial charge is 0.330 e. The summed E-state index contributed by atoms with van der Waals surface area (Å²) in [6.07, 6.45) is 9.88. The lowest BCUT2D eigenvalue weighted by Crippen LogP contribution is -2.44. The molecule has 0 bridgehead atoms. The summed E-state index contributed by atoms with van der Waals surface area (Å²) in [5.74, 6) is 1.87. The molecule has 0 aromatic rings. The number of hydrogen-bond donors (Lipinski definition) is 1. The van der Waals surface area contributed by atoms with Gasteiger partial charge in [0.05, 0.1) is 0 Å². The summed E-state index contributed by atoms with van der Waals surface area (Å²) in [7, 11) is 0. The first kappa shape index (κ1) is 12.4. The van der Waals surface area contributed by atoms with Gasteiger partial charge in [0.25, 0.3) is 0 Å². The van der Waals surface area contributed by atoms with Crippen molar-refractivity contribution in [2.24, 2.45) is 17.6 Å². The molecule has 94 valence electrons. The molecule has 1 aliphatic heterocycles. The van der Waals surface area contributed by atoms with Gasteiger partial charge in [-0.3, -0.25) is 4.90 Å². The van der Waals surface area contributed by atoms with Gasteiger partial charge in [0.2, 0.25) is 0 Å². The summed E-state index contributed by atoms with van der Waals surface area (Å²) in [5, 5.41) is 0. The minimum absolute atomic E-state index is 0.836. The molecule has 1 aliphatic carbocycles. The van der Waals surface area contributed by atoms with Crippen LogP contribution in [-0.4, -0.2) is 30.6 Å². The Morgan fingerprint density at radius 1 is 1.25 bits per heavy atom. The van der Waals surface area contributed by atoms with Gasteiger partial charge >= 0.3 is 0 Å². The SMILES string of the molecule is CC(CCCN)CN1CCCC2CCCC21. The van der Waals surface area contributed by atoms with Gasteiger partial charge < -0.3 is 5.73 Å². The maximum absolute atomic E-state index is 5.58. The molecule has 0 spiro atoms. The second-order valence-electron chi connectivity index (χ2n) is 5.93. The van der Waals surface area contributed by atoms with Crippen molar-refractivity contribution in [1.29, 1.82) is 0 Å². The predicted octanol–water partition coefficient (Wildman–Crippen LogP) is 2.63. The molecule has 3 atom stereocenters. The van der Waals surface area contributed by atoms with Crippen molar-refractivity contribution >= 4 is 0 Å². The van der Waals surface area contributed by atoms with E-state index in [0.717, 1.165) is 24.4 Å². The molecule has 1 saturated carbocycles. The maximum atomic E-state index is 5.58. The molecule has 0 amide bonds. The molecule has 3 unspecified atom stereocenters. The molecular formula is C14H28N2. The fourth-order valence-electron chi connectivity index (χ4n) is 3.74. The van der Waals surface area contributed by atoms with Gasteiger partial charge in [-0.1, -0.05) is 13.3 Å². The summed E-state index contributed by atoms with van der Waals surface area (Å²) < 4.78 is 0. The molecule has 2 N–H and O–H groups in total. The van der Waals surface area contributed by atoms with Crippen LogP contribution in [0.4, 0.5) is 0 Å². The van der Waals surface area contributed by atoms with Crippen LogP contribution in [0.5, 0.6) is 0 Å². The van der Waals surface area contributed by atoms with Crippen LogP contribution in [0.15, 0.2) is 0 Å². The highest BCUT2D eigenvalue weighted by Gasteiger charge is 2.34. The van der Waals surface area contributed by atoms with Crippen molar-refractivity contribution in [1.82, 2.24) is 4.90 Å². The Morgan fingerprint density at radius 3 is 2.88 bits per heavy atom. The van der Waals surface area contributed by atoms with Gasteiger partial charge in [-0.05, 0) is 63.5 Å². The van der Waals surface area contributed by atoms with Gasteiger partial charge in [-0.2, -0.15) is 0 Å². The van der Waals surface area contributed by atoms with Crippen molar-refractivity contribution in [3.63, 3.8) is 0 Å². The van der Waals surface area contributed by atoms with Gasteiger partial charge in [-0.15, -0.1) is 0 Å². The second-order valence-corrected chi connectivity index (χ2v) is 5.93. The maximum Gasteiger partial charge on any atom is 0.0124 e. The van der Waals surface area contributed by atoms with Crippen molar-refractivity contribution in [2.75, 3.05) is 19.6 Å². The zero-order valence-corrected chi connectivity index (χ0v) is 10.8. The topological polar surface area (TPSA) is 29.3 Å². The number of hydrogen-bond acceptors (Lipinski definition) is 2. The Balaban J connectivity index is 1.79. The fourth-order valence-corrected chi connectivity index (χ4v) is 3.74. The highest BCUT2D eigenvalue weighted by molar-refractivity contribution is 4.89. The highest BCUT2D eigenvalue weighted by Crippen LogP contribution is 2.37. The third kappa shape index (κ3) is 2.98. The molecule has 0 aromatic carbocycles. The summed E-state index contributed by atoms with van der Waals surface area (Å²) in [6, 6.07) is 0.939. The summed E-state index contributed by atoms with van der Waals surface area (Å²) in [6.45, 7) is 5.93. The third-order valence-electron chi connectivity index (χ3n) is 4.56.